The fraction of sp³-hybridized carbons (Fsp3) is 0.375. The lowest BCUT2D eigenvalue weighted by Crippen LogP contribution is -2.47. The van der Waals surface area contributed by atoms with E-state index in [2.05, 4.69) is 42.2 Å². The zero-order valence-corrected chi connectivity index (χ0v) is 30.9. The van der Waals surface area contributed by atoms with Crippen molar-refractivity contribution in [2.75, 3.05) is 55.8 Å². The predicted octanol–water partition coefficient (Wildman–Crippen LogP) is 6.57. The van der Waals surface area contributed by atoms with Crippen LogP contribution in [0.5, 0.6) is 5.75 Å². The number of methoxy groups -OCH3 is 1. The van der Waals surface area contributed by atoms with Gasteiger partial charge in [-0.2, -0.15) is 4.98 Å². The Balaban J connectivity index is 0.874. The number of nitrogens with zero attached hydrogens (tertiary/aromatic N) is 4. The molecule has 0 spiro atoms. The van der Waals surface area contributed by atoms with Gasteiger partial charge in [0, 0.05) is 30.9 Å². The van der Waals surface area contributed by atoms with Gasteiger partial charge in [0.2, 0.25) is 23.7 Å². The second kappa shape index (κ2) is 16.8. The lowest BCUT2D eigenvalue weighted by molar-refractivity contribution is -0.134. The maximum atomic E-state index is 15.2. The van der Waals surface area contributed by atoms with E-state index in [4.69, 9.17) is 16.3 Å². The van der Waals surface area contributed by atoms with Gasteiger partial charge < -0.3 is 25.6 Å². The number of halogens is 2. The Hall–Kier alpha value is -5.27. The van der Waals surface area contributed by atoms with Gasteiger partial charge in [0.1, 0.15) is 22.6 Å². The van der Waals surface area contributed by atoms with Gasteiger partial charge in [-0.25, -0.2) is 9.37 Å². The maximum absolute atomic E-state index is 15.2. The largest absolute Gasteiger partial charge is 0.495 e. The summed E-state index contributed by atoms with van der Waals surface area (Å²) in [6.07, 6.45) is 5.41. The van der Waals surface area contributed by atoms with Gasteiger partial charge >= 0.3 is 0 Å². The fourth-order valence-electron chi connectivity index (χ4n) is 7.49. The molecule has 3 fully saturated rings. The average molecular weight is 755 g/mol. The fourth-order valence-corrected chi connectivity index (χ4v) is 7.63. The summed E-state index contributed by atoms with van der Waals surface area (Å²) in [4.78, 5) is 49.9. The topological polar surface area (TPSA) is 141 Å². The number of para-hydroxylation sites is 1. The first-order chi connectivity index (χ1) is 26.2. The van der Waals surface area contributed by atoms with E-state index in [0.29, 0.717) is 78.9 Å². The molecule has 54 heavy (non-hydrogen) atoms. The molecule has 0 aliphatic carbocycles. The van der Waals surface area contributed by atoms with Gasteiger partial charge in [-0.05, 0) is 105 Å². The molecule has 12 nitrogen and oxygen atoms in total. The van der Waals surface area contributed by atoms with E-state index < -0.39 is 6.04 Å². The van der Waals surface area contributed by atoms with Crippen molar-refractivity contribution in [2.24, 2.45) is 0 Å². The molecule has 3 aromatic carbocycles. The molecular weight excluding hydrogens is 711 g/mol. The summed E-state index contributed by atoms with van der Waals surface area (Å²) in [6.45, 7) is 3.16. The third-order valence-corrected chi connectivity index (χ3v) is 10.8. The molecular formula is C40H44ClFN8O4. The predicted molar refractivity (Wildman–Crippen MR) is 206 cm³/mol. The van der Waals surface area contributed by atoms with E-state index in [1.807, 2.05) is 47.4 Å². The van der Waals surface area contributed by atoms with Gasteiger partial charge in [-0.1, -0.05) is 41.9 Å². The van der Waals surface area contributed by atoms with Gasteiger partial charge in [-0.15, -0.1) is 0 Å². The highest BCUT2D eigenvalue weighted by Gasteiger charge is 2.30. The standard InChI is InChI=1S/C40H44ClFN8O4/c1-54-35-21-27(7-10-33(35)46-40-43-23-31(41)38(48-40)45-28-5-3-2-4-6-28)25-15-19-50(20-16-25)37(52)24-49-17-13-26(14-18-49)30-9-8-29(22-32(30)42)44-34-11-12-36(51)47-39(34)53/h2-10,21-23,25-26,34,44H,11-20,24H2,1H3,(H,47,51,53)(H2,43,45,46,48). The SMILES string of the molecule is COc1cc(C2CCN(C(=O)CN3CCC(c4ccc(NC5CCC(=O)NC5=O)cc4F)CC3)CC2)ccc1Nc1ncc(Cl)c(Nc2ccccc2)n1. The van der Waals surface area contributed by atoms with Crippen molar-refractivity contribution in [3.05, 3.63) is 94.9 Å². The number of piperidine rings is 3. The zero-order chi connectivity index (χ0) is 37.6. The summed E-state index contributed by atoms with van der Waals surface area (Å²) in [6, 6.07) is 20.2. The van der Waals surface area contributed by atoms with Gasteiger partial charge in [0.05, 0.1) is 25.5 Å². The average Bonchev–Trinajstić information content (AvgIpc) is 3.18. The molecule has 3 saturated heterocycles. The van der Waals surface area contributed by atoms with Crippen molar-refractivity contribution >= 4 is 58.2 Å². The molecule has 0 radical (unpaired) electrons. The Morgan fingerprint density at radius 3 is 2.41 bits per heavy atom. The minimum absolute atomic E-state index is 0.0585. The van der Waals surface area contributed by atoms with E-state index in [9.17, 15) is 14.4 Å². The lowest BCUT2D eigenvalue weighted by atomic mass is 9.88. The first kappa shape index (κ1) is 37.1. The molecule has 1 atom stereocenters. The number of rotatable bonds is 11. The van der Waals surface area contributed by atoms with Crippen molar-refractivity contribution in [1.29, 1.82) is 0 Å². The normalized spacial score (nSPS) is 18.6. The Kier molecular flexibility index (Phi) is 11.5. The summed E-state index contributed by atoms with van der Waals surface area (Å²) in [7, 11) is 1.63. The van der Waals surface area contributed by atoms with Crippen LogP contribution in [0.25, 0.3) is 0 Å². The van der Waals surface area contributed by atoms with E-state index in [-0.39, 0.29) is 35.9 Å². The van der Waals surface area contributed by atoms with E-state index in [1.165, 1.54) is 6.07 Å². The van der Waals surface area contributed by atoms with Gasteiger partial charge in [-0.3, -0.25) is 24.6 Å². The Bertz CT molecular complexity index is 1990. The molecule has 7 rings (SSSR count). The quantitative estimate of drug-likeness (QED) is 0.124. The zero-order valence-electron chi connectivity index (χ0n) is 30.1. The molecule has 4 heterocycles. The van der Waals surface area contributed by atoms with Crippen LogP contribution in [0.4, 0.5) is 33.2 Å². The summed E-state index contributed by atoms with van der Waals surface area (Å²) >= 11 is 6.36. The molecule has 1 unspecified atom stereocenters. The summed E-state index contributed by atoms with van der Waals surface area (Å²) in [5.74, 6) is 1.03. The molecule has 0 saturated carbocycles. The Labute approximate surface area is 318 Å². The van der Waals surface area contributed by atoms with Crippen molar-refractivity contribution in [1.82, 2.24) is 25.1 Å². The third kappa shape index (κ3) is 8.91. The number of benzene rings is 3. The number of imide groups is 1. The maximum Gasteiger partial charge on any atom is 0.249 e. The molecule has 0 bridgehead atoms. The second-order valence-corrected chi connectivity index (χ2v) is 14.5. The van der Waals surface area contributed by atoms with E-state index >= 15 is 4.39 Å². The first-order valence-corrected chi connectivity index (χ1v) is 18.8. The van der Waals surface area contributed by atoms with Crippen LogP contribution in [0, 0.1) is 5.82 Å². The number of likely N-dealkylation sites (tertiary alicyclic amines) is 2. The molecule has 1 aromatic heterocycles. The lowest BCUT2D eigenvalue weighted by Gasteiger charge is -2.36. The van der Waals surface area contributed by atoms with E-state index in [0.717, 1.165) is 42.6 Å². The highest BCUT2D eigenvalue weighted by molar-refractivity contribution is 6.32. The van der Waals surface area contributed by atoms with Crippen LogP contribution in [0.1, 0.15) is 61.5 Å². The highest BCUT2D eigenvalue weighted by Crippen LogP contribution is 2.36. The highest BCUT2D eigenvalue weighted by atomic mass is 35.5. The number of aromatic nitrogens is 2. The smallest absolute Gasteiger partial charge is 0.249 e. The number of nitrogens with one attached hydrogen (secondary N) is 4. The van der Waals surface area contributed by atoms with Crippen molar-refractivity contribution in [2.45, 2.75) is 56.4 Å². The van der Waals surface area contributed by atoms with Crippen LogP contribution in [0.15, 0.2) is 72.9 Å². The molecule has 3 aliphatic rings. The monoisotopic (exact) mass is 754 g/mol. The van der Waals surface area contributed by atoms with Gasteiger partial charge in [0.15, 0.2) is 5.82 Å². The Morgan fingerprint density at radius 2 is 1.69 bits per heavy atom. The molecule has 4 N–H and O–H groups in total. The molecule has 4 aromatic rings. The number of carbonyl (C=O) groups excluding carboxylic acids is 3. The number of anilines is 5. The van der Waals surface area contributed by atoms with Crippen LogP contribution >= 0.6 is 11.6 Å². The van der Waals surface area contributed by atoms with Crippen LogP contribution in [-0.2, 0) is 14.4 Å². The van der Waals surface area contributed by atoms with Crippen molar-refractivity contribution < 1.29 is 23.5 Å². The van der Waals surface area contributed by atoms with Crippen LogP contribution < -0.4 is 26.0 Å². The minimum atomic E-state index is -0.562. The number of amides is 3. The third-order valence-electron chi connectivity index (χ3n) is 10.5. The number of hydrogen-bond acceptors (Lipinski definition) is 10. The molecule has 14 heteroatoms. The summed E-state index contributed by atoms with van der Waals surface area (Å²) in [5, 5.41) is 12.2. The molecule has 3 amide bonds. The van der Waals surface area contributed by atoms with Crippen LogP contribution in [-0.4, -0.2) is 83.4 Å². The number of carbonyl (C=O) groups is 3. The summed E-state index contributed by atoms with van der Waals surface area (Å²) in [5.41, 5.74) is 3.91. The second-order valence-electron chi connectivity index (χ2n) is 14.1. The van der Waals surface area contributed by atoms with Crippen LogP contribution in [0.2, 0.25) is 5.02 Å². The Morgan fingerprint density at radius 1 is 0.926 bits per heavy atom. The van der Waals surface area contributed by atoms with Gasteiger partial charge in [0.25, 0.3) is 0 Å². The minimum Gasteiger partial charge on any atom is -0.495 e. The van der Waals surface area contributed by atoms with Crippen LogP contribution in [0.3, 0.4) is 0 Å². The number of hydrogen-bond donors (Lipinski definition) is 4. The molecule has 282 valence electrons. The van der Waals surface area contributed by atoms with E-state index in [1.54, 1.807) is 25.4 Å². The van der Waals surface area contributed by atoms with Crippen molar-refractivity contribution in [3.63, 3.8) is 0 Å². The summed E-state index contributed by atoms with van der Waals surface area (Å²) < 4.78 is 20.9. The molecule has 3 aliphatic heterocycles. The van der Waals surface area contributed by atoms with Crippen molar-refractivity contribution in [3.8, 4) is 5.75 Å². The number of ether oxygens (including phenoxy) is 1. The first-order valence-electron chi connectivity index (χ1n) is 18.4.